The number of carbonyl (C=O) groups is 1. The second-order valence-electron chi connectivity index (χ2n) is 7.24. The van der Waals surface area contributed by atoms with Gasteiger partial charge in [0.15, 0.2) is 0 Å². The number of carbonyl (C=O) groups excluding carboxylic acids is 1. The van der Waals surface area contributed by atoms with Crippen molar-refractivity contribution in [3.8, 4) is 5.75 Å². The molecule has 0 saturated carbocycles. The number of rotatable bonds is 4. The van der Waals surface area contributed by atoms with Gasteiger partial charge in [0, 0.05) is 11.8 Å². The van der Waals surface area contributed by atoms with Crippen LogP contribution in [0.15, 0.2) is 54.9 Å². The highest BCUT2D eigenvalue weighted by atomic mass is 16.3. The molecule has 0 unspecified atom stereocenters. The van der Waals surface area contributed by atoms with Crippen LogP contribution in [0.2, 0.25) is 0 Å². The van der Waals surface area contributed by atoms with Crippen LogP contribution >= 0.6 is 0 Å². The minimum atomic E-state index is -0.271. The third-order valence-corrected chi connectivity index (χ3v) is 4.12. The van der Waals surface area contributed by atoms with Gasteiger partial charge < -0.3 is 10.4 Å². The summed E-state index contributed by atoms with van der Waals surface area (Å²) in [4.78, 5) is 12.6. The molecule has 0 bridgehead atoms. The van der Waals surface area contributed by atoms with Gasteiger partial charge in [0.25, 0.3) is 5.91 Å². The van der Waals surface area contributed by atoms with Gasteiger partial charge in [-0.15, -0.1) is 5.10 Å². The highest BCUT2D eigenvalue weighted by Gasteiger charge is 2.17. The molecule has 2 N–H and O–H groups in total. The van der Waals surface area contributed by atoms with Crippen molar-refractivity contribution in [2.75, 3.05) is 5.32 Å². The summed E-state index contributed by atoms with van der Waals surface area (Å²) >= 11 is 0. The van der Waals surface area contributed by atoms with Gasteiger partial charge in [0.05, 0.1) is 18.4 Å². The lowest BCUT2D eigenvalue weighted by Gasteiger charge is -2.20. The largest absolute Gasteiger partial charge is 0.506 e. The number of hydrogen-bond donors (Lipinski definition) is 2. The van der Waals surface area contributed by atoms with Crippen LogP contribution < -0.4 is 5.32 Å². The van der Waals surface area contributed by atoms with Crippen molar-refractivity contribution in [3.05, 3.63) is 71.5 Å². The van der Waals surface area contributed by atoms with E-state index < -0.39 is 0 Å². The highest BCUT2D eigenvalue weighted by molar-refractivity contribution is 6.05. The Kier molecular flexibility index (Phi) is 4.75. The van der Waals surface area contributed by atoms with E-state index in [0.29, 0.717) is 17.8 Å². The Hall–Kier alpha value is -3.15. The van der Waals surface area contributed by atoms with Crippen LogP contribution in [-0.4, -0.2) is 26.0 Å². The summed E-state index contributed by atoms with van der Waals surface area (Å²) in [5.41, 5.74) is 2.82. The normalized spacial score (nSPS) is 11.3. The maximum atomic E-state index is 12.6. The molecule has 0 aliphatic rings. The molecule has 0 aliphatic carbocycles. The molecule has 1 heterocycles. The van der Waals surface area contributed by atoms with Crippen LogP contribution in [0.1, 0.15) is 42.3 Å². The smallest absolute Gasteiger partial charge is 0.255 e. The van der Waals surface area contributed by atoms with Gasteiger partial charge in [-0.25, -0.2) is 4.68 Å². The standard InChI is InChI=1S/C20H22N4O2/c1-20(2,3)16-7-8-18(25)17(12-16)22-19(26)15-6-4-5-14(11-15)13-24-10-9-21-23-24/h4-12,25H,13H2,1-3H3,(H,22,26). The summed E-state index contributed by atoms with van der Waals surface area (Å²) in [7, 11) is 0. The minimum absolute atomic E-state index is 0.0464. The van der Waals surface area contributed by atoms with E-state index >= 15 is 0 Å². The summed E-state index contributed by atoms with van der Waals surface area (Å²) in [5.74, 6) is -0.225. The monoisotopic (exact) mass is 350 g/mol. The van der Waals surface area contributed by atoms with Crippen LogP contribution in [0.25, 0.3) is 0 Å². The Labute approximate surface area is 152 Å². The average molecular weight is 350 g/mol. The predicted octanol–water partition coefficient (Wildman–Crippen LogP) is 3.58. The summed E-state index contributed by atoms with van der Waals surface area (Å²) in [6.45, 7) is 6.78. The van der Waals surface area contributed by atoms with E-state index in [1.54, 1.807) is 29.2 Å². The molecule has 134 valence electrons. The van der Waals surface area contributed by atoms with Crippen LogP contribution in [0, 0.1) is 0 Å². The molecule has 0 spiro atoms. The number of amides is 1. The zero-order valence-corrected chi connectivity index (χ0v) is 15.1. The van der Waals surface area contributed by atoms with E-state index in [1.165, 1.54) is 0 Å². The van der Waals surface area contributed by atoms with Gasteiger partial charge in [0.1, 0.15) is 5.75 Å². The molecule has 0 aliphatic heterocycles. The summed E-state index contributed by atoms with van der Waals surface area (Å²) in [5, 5.41) is 20.6. The van der Waals surface area contributed by atoms with Gasteiger partial charge in [-0.3, -0.25) is 4.79 Å². The first-order valence-electron chi connectivity index (χ1n) is 8.41. The van der Waals surface area contributed by atoms with Crippen molar-refractivity contribution in [1.29, 1.82) is 0 Å². The van der Waals surface area contributed by atoms with Crippen LogP contribution in [0.5, 0.6) is 5.75 Å². The van der Waals surface area contributed by atoms with Crippen molar-refractivity contribution in [1.82, 2.24) is 15.0 Å². The van der Waals surface area contributed by atoms with E-state index in [2.05, 4.69) is 36.4 Å². The van der Waals surface area contributed by atoms with Gasteiger partial charge in [0.2, 0.25) is 0 Å². The molecule has 6 nitrogen and oxygen atoms in total. The maximum absolute atomic E-state index is 12.6. The van der Waals surface area contributed by atoms with E-state index in [-0.39, 0.29) is 17.1 Å². The Morgan fingerprint density at radius 1 is 1.19 bits per heavy atom. The molecule has 2 aromatic carbocycles. The first-order valence-corrected chi connectivity index (χ1v) is 8.41. The van der Waals surface area contributed by atoms with Crippen molar-refractivity contribution < 1.29 is 9.90 Å². The number of hydrogen-bond acceptors (Lipinski definition) is 4. The number of benzene rings is 2. The topological polar surface area (TPSA) is 80.0 Å². The molecule has 26 heavy (non-hydrogen) atoms. The maximum Gasteiger partial charge on any atom is 0.255 e. The summed E-state index contributed by atoms with van der Waals surface area (Å²) < 4.78 is 1.69. The lowest BCUT2D eigenvalue weighted by atomic mass is 9.87. The fourth-order valence-corrected chi connectivity index (χ4v) is 2.61. The second-order valence-corrected chi connectivity index (χ2v) is 7.24. The molecule has 3 aromatic rings. The Morgan fingerprint density at radius 2 is 2.00 bits per heavy atom. The van der Waals surface area contributed by atoms with Crippen molar-refractivity contribution in [2.45, 2.75) is 32.7 Å². The second kappa shape index (κ2) is 7.00. The summed E-state index contributed by atoms with van der Waals surface area (Å²) in [6.07, 6.45) is 3.38. The quantitative estimate of drug-likeness (QED) is 0.705. The van der Waals surface area contributed by atoms with Gasteiger partial charge in [-0.05, 0) is 40.8 Å². The third kappa shape index (κ3) is 4.08. The van der Waals surface area contributed by atoms with Crippen molar-refractivity contribution in [2.24, 2.45) is 0 Å². The lowest BCUT2D eigenvalue weighted by Crippen LogP contribution is -2.15. The van der Waals surface area contributed by atoms with Gasteiger partial charge in [-0.2, -0.15) is 0 Å². The van der Waals surface area contributed by atoms with Crippen LogP contribution in [0.4, 0.5) is 5.69 Å². The van der Waals surface area contributed by atoms with E-state index in [1.807, 2.05) is 30.3 Å². The first-order chi connectivity index (χ1) is 12.3. The molecule has 0 saturated heterocycles. The number of nitrogens with one attached hydrogen (secondary N) is 1. The number of anilines is 1. The summed E-state index contributed by atoms with van der Waals surface area (Å²) in [6, 6.07) is 12.6. The molecular formula is C20H22N4O2. The Balaban J connectivity index is 1.80. The molecule has 0 atom stereocenters. The molecule has 1 aromatic heterocycles. The zero-order chi connectivity index (χ0) is 18.7. The predicted molar refractivity (Wildman–Crippen MR) is 100 cm³/mol. The lowest BCUT2D eigenvalue weighted by molar-refractivity contribution is 0.102. The Morgan fingerprint density at radius 3 is 2.69 bits per heavy atom. The average Bonchev–Trinajstić information content (AvgIpc) is 3.09. The SMILES string of the molecule is CC(C)(C)c1ccc(O)c(NC(=O)c2cccc(Cn3ccnn3)c2)c1. The minimum Gasteiger partial charge on any atom is -0.506 e. The fraction of sp³-hybridized carbons (Fsp3) is 0.250. The van der Waals surface area contributed by atoms with Crippen molar-refractivity contribution in [3.63, 3.8) is 0 Å². The third-order valence-electron chi connectivity index (χ3n) is 4.12. The zero-order valence-electron chi connectivity index (χ0n) is 15.1. The molecule has 3 rings (SSSR count). The van der Waals surface area contributed by atoms with E-state index in [0.717, 1.165) is 11.1 Å². The number of aromatic nitrogens is 3. The molecule has 0 fully saturated rings. The Bertz CT molecular complexity index is 912. The highest BCUT2D eigenvalue weighted by Crippen LogP contribution is 2.31. The molecule has 1 amide bonds. The van der Waals surface area contributed by atoms with E-state index in [4.69, 9.17) is 0 Å². The van der Waals surface area contributed by atoms with E-state index in [9.17, 15) is 9.90 Å². The number of nitrogens with zero attached hydrogens (tertiary/aromatic N) is 3. The number of aromatic hydroxyl groups is 1. The van der Waals surface area contributed by atoms with Gasteiger partial charge in [-0.1, -0.05) is 44.2 Å². The fourth-order valence-electron chi connectivity index (χ4n) is 2.61. The number of phenols is 1. The molecular weight excluding hydrogens is 328 g/mol. The van der Waals surface area contributed by atoms with Crippen molar-refractivity contribution >= 4 is 11.6 Å². The van der Waals surface area contributed by atoms with Gasteiger partial charge >= 0.3 is 0 Å². The van der Waals surface area contributed by atoms with Crippen LogP contribution in [0.3, 0.4) is 0 Å². The molecule has 0 radical (unpaired) electrons. The van der Waals surface area contributed by atoms with Crippen LogP contribution in [-0.2, 0) is 12.0 Å². The molecule has 6 heteroatoms. The first kappa shape index (κ1) is 17.7. The number of phenolic OH excluding ortho intramolecular Hbond substituents is 1.